The Labute approximate surface area is 167 Å². The Bertz CT molecular complexity index is 899. The summed E-state index contributed by atoms with van der Waals surface area (Å²) in [6.45, 7) is 10.9. The average molecular weight is 376 g/mol. The number of nitrogens with zero attached hydrogens (tertiary/aromatic N) is 3. The highest BCUT2D eigenvalue weighted by molar-refractivity contribution is 5.67. The molecule has 5 nitrogen and oxygen atoms in total. The number of aromatic nitrogens is 3. The molecule has 0 unspecified atom stereocenters. The van der Waals surface area contributed by atoms with Crippen molar-refractivity contribution in [3.8, 4) is 11.3 Å². The zero-order chi connectivity index (χ0) is 20.1. The molecule has 3 aromatic rings. The number of pyridine rings is 1. The molecule has 2 aromatic heterocycles. The maximum atomic E-state index is 4.68. The largest absolute Gasteiger partial charge is 0.352 e. The van der Waals surface area contributed by atoms with Gasteiger partial charge in [0, 0.05) is 35.8 Å². The molecule has 28 heavy (non-hydrogen) atoms. The third-order valence-electron chi connectivity index (χ3n) is 4.69. The van der Waals surface area contributed by atoms with Gasteiger partial charge >= 0.3 is 0 Å². The van der Waals surface area contributed by atoms with Gasteiger partial charge in [-0.2, -0.15) is 4.98 Å². The van der Waals surface area contributed by atoms with Crippen LogP contribution in [-0.4, -0.2) is 21.0 Å². The molecule has 146 valence electrons. The molecule has 0 aliphatic rings. The maximum Gasteiger partial charge on any atom is 0.225 e. The van der Waals surface area contributed by atoms with Crippen LogP contribution in [0.3, 0.4) is 0 Å². The van der Waals surface area contributed by atoms with Crippen LogP contribution in [0.2, 0.25) is 0 Å². The predicted molar refractivity (Wildman–Crippen MR) is 117 cm³/mol. The summed E-state index contributed by atoms with van der Waals surface area (Å²) in [7, 11) is 0. The first-order valence-electron chi connectivity index (χ1n) is 9.78. The summed E-state index contributed by atoms with van der Waals surface area (Å²) in [4.78, 5) is 13.5. The molecular formula is C23H29N5. The predicted octanol–water partition coefficient (Wildman–Crippen LogP) is 5.79. The zero-order valence-corrected chi connectivity index (χ0v) is 17.3. The summed E-state index contributed by atoms with van der Waals surface area (Å²) >= 11 is 0. The number of nitrogens with one attached hydrogen (secondary N) is 2. The lowest BCUT2D eigenvalue weighted by Crippen LogP contribution is -2.16. The number of hydrogen-bond donors (Lipinski definition) is 2. The Kier molecular flexibility index (Phi) is 5.93. The SMILES string of the molecule is CC[C@H](C)Nc1nc(Nc2ccc(C(C)(C)C)cc2)cc(-c2cccnc2)n1. The molecule has 0 radical (unpaired) electrons. The van der Waals surface area contributed by atoms with Gasteiger partial charge in [-0.3, -0.25) is 4.98 Å². The van der Waals surface area contributed by atoms with Crippen molar-refractivity contribution in [2.75, 3.05) is 10.6 Å². The van der Waals surface area contributed by atoms with E-state index < -0.39 is 0 Å². The first-order chi connectivity index (χ1) is 13.3. The Morgan fingerprint density at radius 3 is 2.39 bits per heavy atom. The summed E-state index contributed by atoms with van der Waals surface area (Å²) in [6.07, 6.45) is 4.58. The number of hydrogen-bond acceptors (Lipinski definition) is 5. The van der Waals surface area contributed by atoms with Crippen molar-refractivity contribution in [3.05, 3.63) is 60.4 Å². The van der Waals surface area contributed by atoms with Crippen molar-refractivity contribution in [2.45, 2.75) is 52.5 Å². The third kappa shape index (κ3) is 5.06. The normalized spacial score (nSPS) is 12.5. The molecule has 1 atom stereocenters. The van der Waals surface area contributed by atoms with Crippen LogP contribution in [0.5, 0.6) is 0 Å². The van der Waals surface area contributed by atoms with E-state index in [1.165, 1.54) is 5.56 Å². The standard InChI is InChI=1S/C23H29N5/c1-6-16(2)25-22-27-20(17-8-7-13-24-15-17)14-21(28-22)26-19-11-9-18(10-12-19)23(3,4)5/h7-16H,6H2,1-5H3,(H2,25,26,27,28)/t16-/m0/s1. The van der Waals surface area contributed by atoms with E-state index in [-0.39, 0.29) is 5.41 Å². The number of benzene rings is 1. The molecule has 3 rings (SSSR count). The van der Waals surface area contributed by atoms with Crippen molar-refractivity contribution in [1.29, 1.82) is 0 Å². The molecule has 2 heterocycles. The van der Waals surface area contributed by atoms with E-state index in [2.05, 4.69) is 84.5 Å². The minimum absolute atomic E-state index is 0.133. The fraction of sp³-hybridized carbons (Fsp3) is 0.348. The molecule has 1 aromatic carbocycles. The van der Waals surface area contributed by atoms with E-state index in [0.29, 0.717) is 12.0 Å². The van der Waals surface area contributed by atoms with Gasteiger partial charge in [0.05, 0.1) is 5.69 Å². The first kappa shape index (κ1) is 19.8. The molecule has 0 spiro atoms. The van der Waals surface area contributed by atoms with Gasteiger partial charge in [0.2, 0.25) is 5.95 Å². The summed E-state index contributed by atoms with van der Waals surface area (Å²) in [6, 6.07) is 14.7. The second-order valence-corrected chi connectivity index (χ2v) is 8.11. The van der Waals surface area contributed by atoms with Gasteiger partial charge in [0.15, 0.2) is 0 Å². The molecular weight excluding hydrogens is 346 g/mol. The Morgan fingerprint density at radius 2 is 1.79 bits per heavy atom. The Hall–Kier alpha value is -2.95. The molecule has 0 saturated heterocycles. The topological polar surface area (TPSA) is 62.7 Å². The lowest BCUT2D eigenvalue weighted by atomic mass is 9.87. The van der Waals surface area contributed by atoms with Crippen LogP contribution in [0.15, 0.2) is 54.9 Å². The highest BCUT2D eigenvalue weighted by Crippen LogP contribution is 2.26. The van der Waals surface area contributed by atoms with Crippen LogP contribution in [0.1, 0.15) is 46.6 Å². The second kappa shape index (κ2) is 8.38. The summed E-state index contributed by atoms with van der Waals surface area (Å²) in [5.41, 5.74) is 4.23. The van der Waals surface area contributed by atoms with Crippen molar-refractivity contribution in [1.82, 2.24) is 15.0 Å². The minimum atomic E-state index is 0.133. The molecule has 5 heteroatoms. The van der Waals surface area contributed by atoms with Gasteiger partial charge in [-0.15, -0.1) is 0 Å². The minimum Gasteiger partial charge on any atom is -0.352 e. The van der Waals surface area contributed by atoms with E-state index in [1.54, 1.807) is 6.20 Å². The molecule has 2 N–H and O–H groups in total. The smallest absolute Gasteiger partial charge is 0.225 e. The van der Waals surface area contributed by atoms with Crippen molar-refractivity contribution in [3.63, 3.8) is 0 Å². The van der Waals surface area contributed by atoms with Gasteiger partial charge in [-0.05, 0) is 48.6 Å². The van der Waals surface area contributed by atoms with Crippen LogP contribution in [0.25, 0.3) is 11.3 Å². The van der Waals surface area contributed by atoms with E-state index >= 15 is 0 Å². The Morgan fingerprint density at radius 1 is 1.04 bits per heavy atom. The number of anilines is 3. The highest BCUT2D eigenvalue weighted by Gasteiger charge is 2.13. The van der Waals surface area contributed by atoms with Crippen LogP contribution in [0.4, 0.5) is 17.5 Å². The molecule has 0 saturated carbocycles. The molecule has 0 amide bonds. The van der Waals surface area contributed by atoms with E-state index in [4.69, 9.17) is 0 Å². The van der Waals surface area contributed by atoms with Gasteiger partial charge in [-0.1, -0.05) is 39.8 Å². The second-order valence-electron chi connectivity index (χ2n) is 8.11. The molecule has 0 aliphatic carbocycles. The lowest BCUT2D eigenvalue weighted by Gasteiger charge is -2.19. The summed E-state index contributed by atoms with van der Waals surface area (Å²) in [5.74, 6) is 1.37. The van der Waals surface area contributed by atoms with E-state index in [0.717, 1.165) is 29.2 Å². The lowest BCUT2D eigenvalue weighted by molar-refractivity contribution is 0.590. The average Bonchev–Trinajstić information content (AvgIpc) is 2.68. The molecule has 0 bridgehead atoms. The fourth-order valence-electron chi connectivity index (χ4n) is 2.76. The van der Waals surface area contributed by atoms with E-state index in [1.807, 2.05) is 24.4 Å². The first-order valence-corrected chi connectivity index (χ1v) is 9.78. The fourth-order valence-corrected chi connectivity index (χ4v) is 2.76. The summed E-state index contributed by atoms with van der Waals surface area (Å²) < 4.78 is 0. The van der Waals surface area contributed by atoms with Gasteiger partial charge < -0.3 is 10.6 Å². The van der Waals surface area contributed by atoms with Crippen LogP contribution in [-0.2, 0) is 5.41 Å². The van der Waals surface area contributed by atoms with Crippen molar-refractivity contribution < 1.29 is 0 Å². The Balaban J connectivity index is 1.91. The van der Waals surface area contributed by atoms with Gasteiger partial charge in [-0.25, -0.2) is 4.98 Å². The maximum absolute atomic E-state index is 4.68. The quantitative estimate of drug-likeness (QED) is 0.571. The van der Waals surface area contributed by atoms with Crippen LogP contribution < -0.4 is 10.6 Å². The zero-order valence-electron chi connectivity index (χ0n) is 17.3. The monoisotopic (exact) mass is 375 g/mol. The van der Waals surface area contributed by atoms with Gasteiger partial charge in [0.25, 0.3) is 0 Å². The molecule has 0 aliphatic heterocycles. The number of rotatable bonds is 6. The van der Waals surface area contributed by atoms with E-state index in [9.17, 15) is 0 Å². The van der Waals surface area contributed by atoms with Crippen LogP contribution >= 0.6 is 0 Å². The highest BCUT2D eigenvalue weighted by atomic mass is 15.2. The van der Waals surface area contributed by atoms with Crippen LogP contribution in [0, 0.1) is 0 Å². The van der Waals surface area contributed by atoms with Crippen molar-refractivity contribution >= 4 is 17.5 Å². The van der Waals surface area contributed by atoms with Gasteiger partial charge in [0.1, 0.15) is 5.82 Å². The summed E-state index contributed by atoms with van der Waals surface area (Å²) in [5, 5.41) is 6.79. The molecule has 0 fully saturated rings. The van der Waals surface area contributed by atoms with Crippen molar-refractivity contribution in [2.24, 2.45) is 0 Å². The third-order valence-corrected chi connectivity index (χ3v) is 4.69.